The number of nitrogens with zero attached hydrogens (tertiary/aromatic N) is 2. The molecule has 158 valence electrons. The number of carbonyl (C=O) groups is 1. The van der Waals surface area contributed by atoms with Crippen molar-refractivity contribution in [3.63, 3.8) is 0 Å². The first-order chi connectivity index (χ1) is 15.1. The van der Waals surface area contributed by atoms with Crippen LogP contribution in [-0.4, -0.2) is 39.9 Å². The van der Waals surface area contributed by atoms with Gasteiger partial charge in [0.2, 0.25) is 0 Å². The van der Waals surface area contributed by atoms with E-state index < -0.39 is 5.60 Å². The molecule has 6 nitrogen and oxygen atoms in total. The highest BCUT2D eigenvalue weighted by molar-refractivity contribution is 5.79. The zero-order chi connectivity index (χ0) is 21.0. The number of rotatable bonds is 3. The molecular formula is C25H24N2O4. The average molecular weight is 416 g/mol. The summed E-state index contributed by atoms with van der Waals surface area (Å²) >= 11 is 0. The summed E-state index contributed by atoms with van der Waals surface area (Å²) in [5.74, 6) is 0.0488. The summed E-state index contributed by atoms with van der Waals surface area (Å²) in [6.07, 6.45) is 5.52. The second-order valence-electron chi connectivity index (χ2n) is 8.95. The van der Waals surface area contributed by atoms with Gasteiger partial charge in [0.25, 0.3) is 0 Å². The normalized spacial score (nSPS) is 26.5. The highest BCUT2D eigenvalue weighted by Crippen LogP contribution is 2.47. The van der Waals surface area contributed by atoms with Crippen molar-refractivity contribution >= 4 is 6.09 Å². The molecule has 2 fully saturated rings. The average Bonchev–Trinajstić information content (AvgIpc) is 3.49. The van der Waals surface area contributed by atoms with Crippen molar-refractivity contribution in [1.29, 1.82) is 0 Å². The smallest absolute Gasteiger partial charge is 0.410 e. The fourth-order valence-electron chi connectivity index (χ4n) is 5.86. The predicted octanol–water partition coefficient (Wildman–Crippen LogP) is 4.44. The lowest BCUT2D eigenvalue weighted by Crippen LogP contribution is -2.52. The Bertz CT molecular complexity index is 1070. The summed E-state index contributed by atoms with van der Waals surface area (Å²) < 4.78 is 10.8. The maximum Gasteiger partial charge on any atom is 0.410 e. The maximum absolute atomic E-state index is 13.1. The van der Waals surface area contributed by atoms with Crippen LogP contribution in [-0.2, 0) is 10.3 Å². The van der Waals surface area contributed by atoms with Crippen molar-refractivity contribution in [1.82, 2.24) is 10.1 Å². The van der Waals surface area contributed by atoms with Gasteiger partial charge in [0, 0.05) is 36.4 Å². The second kappa shape index (κ2) is 6.95. The molecule has 1 aromatic heterocycles. The van der Waals surface area contributed by atoms with Crippen LogP contribution in [0.15, 0.2) is 65.5 Å². The van der Waals surface area contributed by atoms with Crippen LogP contribution in [0.4, 0.5) is 4.79 Å². The molecule has 2 atom stereocenters. The molecule has 0 spiro atoms. The van der Waals surface area contributed by atoms with Gasteiger partial charge in [0.15, 0.2) is 0 Å². The van der Waals surface area contributed by atoms with E-state index in [1.54, 1.807) is 6.20 Å². The number of hydrogen-bond acceptors (Lipinski definition) is 5. The van der Waals surface area contributed by atoms with Gasteiger partial charge in [-0.3, -0.25) is 0 Å². The van der Waals surface area contributed by atoms with Crippen molar-refractivity contribution < 1.29 is 19.2 Å². The third-order valence-corrected chi connectivity index (χ3v) is 7.28. The maximum atomic E-state index is 13.1. The number of piperidine rings is 1. The molecule has 31 heavy (non-hydrogen) atoms. The largest absolute Gasteiger partial charge is 0.448 e. The Hall–Kier alpha value is -3.12. The molecule has 2 saturated heterocycles. The summed E-state index contributed by atoms with van der Waals surface area (Å²) in [5.41, 5.74) is 4.55. The quantitative estimate of drug-likeness (QED) is 0.683. The van der Waals surface area contributed by atoms with Crippen LogP contribution in [0.25, 0.3) is 11.1 Å². The Labute approximate surface area is 180 Å². The van der Waals surface area contributed by atoms with E-state index in [1.165, 1.54) is 28.5 Å². The molecule has 3 aliphatic rings. The van der Waals surface area contributed by atoms with Crippen LogP contribution < -0.4 is 0 Å². The molecule has 1 amide bonds. The van der Waals surface area contributed by atoms with Gasteiger partial charge in [0.1, 0.15) is 12.9 Å². The van der Waals surface area contributed by atoms with Gasteiger partial charge in [-0.2, -0.15) is 0 Å². The molecule has 0 saturated carbocycles. The van der Waals surface area contributed by atoms with E-state index in [2.05, 4.69) is 29.4 Å². The Morgan fingerprint density at radius 2 is 1.68 bits per heavy atom. The van der Waals surface area contributed by atoms with Gasteiger partial charge < -0.3 is 19.3 Å². The fraction of sp³-hybridized carbons (Fsp3) is 0.360. The number of aromatic nitrogens is 1. The standard InChI is InChI=1S/C25H24N2O4/c28-24(27-17-9-10-18(27)12-25(29,11-17)16-13-26-31-14-16)30-15-23-21-7-3-1-5-19(21)20-6-2-4-8-22(20)23/h1-8,13-14,17-18,23,29H,9-12,15H2. The van der Waals surface area contributed by atoms with E-state index in [-0.39, 0.29) is 24.1 Å². The Balaban J connectivity index is 1.19. The lowest BCUT2D eigenvalue weighted by atomic mass is 9.82. The first-order valence-corrected chi connectivity index (χ1v) is 10.9. The van der Waals surface area contributed by atoms with E-state index in [4.69, 9.17) is 9.26 Å². The minimum absolute atomic E-state index is 0.0331. The molecule has 3 aromatic rings. The van der Waals surface area contributed by atoms with Crippen LogP contribution in [0.1, 0.15) is 48.3 Å². The van der Waals surface area contributed by atoms with Gasteiger partial charge in [-0.05, 0) is 35.1 Å². The number of ether oxygens (including phenoxy) is 1. The minimum atomic E-state index is -0.994. The van der Waals surface area contributed by atoms with E-state index in [0.717, 1.165) is 12.8 Å². The third-order valence-electron chi connectivity index (χ3n) is 7.28. The topological polar surface area (TPSA) is 75.8 Å². The van der Waals surface area contributed by atoms with Crippen molar-refractivity contribution in [2.45, 2.75) is 49.3 Å². The monoisotopic (exact) mass is 416 g/mol. The van der Waals surface area contributed by atoms with Crippen LogP contribution in [0.2, 0.25) is 0 Å². The molecule has 6 heteroatoms. The van der Waals surface area contributed by atoms with Crippen LogP contribution in [0, 0.1) is 0 Å². The molecule has 6 rings (SSSR count). The number of benzene rings is 2. The molecular weight excluding hydrogens is 392 g/mol. The highest BCUT2D eigenvalue weighted by Gasteiger charge is 2.51. The first kappa shape index (κ1) is 18.6. The van der Waals surface area contributed by atoms with E-state index >= 15 is 0 Å². The number of carbonyl (C=O) groups excluding carboxylic acids is 1. The number of aliphatic hydroxyl groups is 1. The van der Waals surface area contributed by atoms with Crippen LogP contribution >= 0.6 is 0 Å². The zero-order valence-electron chi connectivity index (χ0n) is 17.1. The molecule has 2 bridgehead atoms. The van der Waals surface area contributed by atoms with Crippen molar-refractivity contribution in [2.75, 3.05) is 6.61 Å². The molecule has 3 heterocycles. The lowest BCUT2D eigenvalue weighted by molar-refractivity contribution is -0.0534. The molecule has 2 unspecified atom stereocenters. The van der Waals surface area contributed by atoms with Crippen molar-refractivity contribution in [3.05, 3.63) is 77.7 Å². The summed E-state index contributed by atoms with van der Waals surface area (Å²) in [6, 6.07) is 16.6. The fourth-order valence-corrected chi connectivity index (χ4v) is 5.86. The van der Waals surface area contributed by atoms with Crippen LogP contribution in [0.3, 0.4) is 0 Å². The number of amides is 1. The summed E-state index contributed by atoms with van der Waals surface area (Å²) in [5, 5.41) is 14.9. The SMILES string of the molecule is O=C(OCC1c2ccccc2-c2ccccc21)N1C2CCC1CC(O)(c1cnoc1)C2. The third kappa shape index (κ3) is 2.89. The van der Waals surface area contributed by atoms with Gasteiger partial charge >= 0.3 is 6.09 Å². The second-order valence-corrected chi connectivity index (χ2v) is 8.95. The number of fused-ring (bicyclic) bond motifs is 5. The van der Waals surface area contributed by atoms with Gasteiger partial charge in [-0.25, -0.2) is 4.79 Å². The highest BCUT2D eigenvalue weighted by atomic mass is 16.6. The Morgan fingerprint density at radius 1 is 1.06 bits per heavy atom. The van der Waals surface area contributed by atoms with Crippen LogP contribution in [0.5, 0.6) is 0 Å². The van der Waals surface area contributed by atoms with Crippen molar-refractivity contribution in [2.24, 2.45) is 0 Å². The van der Waals surface area contributed by atoms with Gasteiger partial charge in [-0.1, -0.05) is 53.7 Å². The summed E-state index contributed by atoms with van der Waals surface area (Å²) in [7, 11) is 0. The van der Waals surface area contributed by atoms with E-state index in [0.29, 0.717) is 25.0 Å². The minimum Gasteiger partial charge on any atom is -0.448 e. The molecule has 1 aliphatic carbocycles. The van der Waals surface area contributed by atoms with E-state index in [1.807, 2.05) is 29.2 Å². The number of hydrogen-bond donors (Lipinski definition) is 1. The lowest BCUT2D eigenvalue weighted by Gasteiger charge is -2.42. The van der Waals surface area contributed by atoms with E-state index in [9.17, 15) is 9.90 Å². The summed E-state index contributed by atoms with van der Waals surface area (Å²) in [6.45, 7) is 0.318. The van der Waals surface area contributed by atoms with Gasteiger partial charge in [-0.15, -0.1) is 0 Å². The Kier molecular flexibility index (Phi) is 4.18. The molecule has 0 radical (unpaired) electrons. The van der Waals surface area contributed by atoms with Gasteiger partial charge in [0.05, 0.1) is 11.8 Å². The Morgan fingerprint density at radius 3 is 2.26 bits per heavy atom. The van der Waals surface area contributed by atoms with Crippen molar-refractivity contribution in [3.8, 4) is 11.1 Å². The first-order valence-electron chi connectivity index (χ1n) is 10.9. The predicted molar refractivity (Wildman–Crippen MR) is 113 cm³/mol. The molecule has 1 N–H and O–H groups in total. The molecule has 2 aromatic carbocycles. The summed E-state index contributed by atoms with van der Waals surface area (Å²) in [4.78, 5) is 15.0. The zero-order valence-corrected chi connectivity index (χ0v) is 17.1. The molecule has 2 aliphatic heterocycles.